The van der Waals surface area contributed by atoms with Crippen LogP contribution in [0.15, 0.2) is 111 Å². The second-order valence-corrected chi connectivity index (χ2v) is 12.5. The normalized spacial score (nSPS) is 17.2. The van der Waals surface area contributed by atoms with Gasteiger partial charge in [0.2, 0.25) is 0 Å². The molecule has 6 nitrogen and oxygen atoms in total. The van der Waals surface area contributed by atoms with Gasteiger partial charge in [0.15, 0.2) is 5.17 Å². The molecule has 1 amide bonds. The van der Waals surface area contributed by atoms with Gasteiger partial charge in [-0.25, -0.2) is 4.99 Å². The first kappa shape index (κ1) is 30.4. The topological polar surface area (TPSA) is 71.7 Å². The number of nitrogens with one attached hydrogen (secondary N) is 1. The SMILES string of the molecule is Cc1ccc(C#N)cc1N=C1S/C(=C2\Sc3cc(NCc4ccc(C(F)(F)F)cc4)ccc3N2C)C(=O)N1Cc1ccccc1. The van der Waals surface area contributed by atoms with E-state index < -0.39 is 11.7 Å². The number of rotatable bonds is 6. The molecule has 226 valence electrons. The summed E-state index contributed by atoms with van der Waals surface area (Å²) in [6.07, 6.45) is -4.37. The molecule has 45 heavy (non-hydrogen) atoms. The van der Waals surface area contributed by atoms with Crippen molar-refractivity contribution in [1.29, 1.82) is 5.26 Å². The summed E-state index contributed by atoms with van der Waals surface area (Å²) in [5.41, 5.74) is 4.79. The molecule has 1 saturated heterocycles. The lowest BCUT2D eigenvalue weighted by Crippen LogP contribution is -2.29. The molecule has 2 heterocycles. The molecular formula is C34H26F3N5OS2. The number of alkyl halides is 3. The van der Waals surface area contributed by atoms with Crippen molar-refractivity contribution in [3.63, 3.8) is 0 Å². The number of nitrogens with zero attached hydrogens (tertiary/aromatic N) is 4. The third kappa shape index (κ3) is 6.43. The zero-order valence-electron chi connectivity index (χ0n) is 24.2. The fraction of sp³-hybridized carbons (Fsp3) is 0.147. The van der Waals surface area contributed by atoms with E-state index >= 15 is 0 Å². The van der Waals surface area contributed by atoms with Gasteiger partial charge in [-0.1, -0.05) is 60.3 Å². The number of amides is 1. The number of amidine groups is 1. The van der Waals surface area contributed by atoms with Crippen LogP contribution in [0.4, 0.5) is 30.2 Å². The third-order valence-corrected chi connectivity index (χ3v) is 9.82. The van der Waals surface area contributed by atoms with Crippen molar-refractivity contribution in [2.24, 2.45) is 4.99 Å². The van der Waals surface area contributed by atoms with Gasteiger partial charge in [-0.3, -0.25) is 9.69 Å². The highest BCUT2D eigenvalue weighted by atomic mass is 32.2. The summed E-state index contributed by atoms with van der Waals surface area (Å²) in [5.74, 6) is -0.153. The molecule has 0 atom stereocenters. The molecule has 2 aliphatic heterocycles. The van der Waals surface area contributed by atoms with Crippen LogP contribution in [-0.2, 0) is 24.1 Å². The van der Waals surface area contributed by atoms with Gasteiger partial charge < -0.3 is 10.2 Å². The number of aryl methyl sites for hydroxylation is 1. The van der Waals surface area contributed by atoms with E-state index in [1.807, 2.05) is 73.5 Å². The van der Waals surface area contributed by atoms with Crippen molar-refractivity contribution in [2.45, 2.75) is 31.1 Å². The van der Waals surface area contributed by atoms with Crippen molar-refractivity contribution in [3.8, 4) is 6.07 Å². The fourth-order valence-electron chi connectivity index (χ4n) is 4.90. The molecule has 0 radical (unpaired) electrons. The van der Waals surface area contributed by atoms with E-state index in [9.17, 15) is 23.2 Å². The Bertz CT molecular complexity index is 1880. The number of benzene rings is 4. The van der Waals surface area contributed by atoms with Gasteiger partial charge >= 0.3 is 6.18 Å². The Labute approximate surface area is 267 Å². The minimum atomic E-state index is -4.37. The van der Waals surface area contributed by atoms with Crippen molar-refractivity contribution in [1.82, 2.24) is 4.90 Å². The maximum atomic E-state index is 14.0. The Kier molecular flexibility index (Phi) is 8.36. The average Bonchev–Trinajstić information content (AvgIpc) is 3.52. The van der Waals surface area contributed by atoms with E-state index in [0.29, 0.717) is 34.4 Å². The number of carbonyl (C=O) groups is 1. The molecule has 0 aromatic heterocycles. The van der Waals surface area contributed by atoms with E-state index in [1.165, 1.54) is 35.7 Å². The van der Waals surface area contributed by atoms with Crippen LogP contribution in [0, 0.1) is 18.3 Å². The van der Waals surface area contributed by atoms with Crippen LogP contribution in [-0.4, -0.2) is 23.0 Å². The number of nitriles is 1. The summed E-state index contributed by atoms with van der Waals surface area (Å²) in [6.45, 7) is 2.63. The van der Waals surface area contributed by atoms with Crippen molar-refractivity contribution in [3.05, 3.63) is 129 Å². The molecule has 4 aromatic rings. The average molecular weight is 642 g/mol. The maximum Gasteiger partial charge on any atom is 0.416 e. The lowest BCUT2D eigenvalue weighted by molar-refractivity contribution is -0.137. The first-order chi connectivity index (χ1) is 21.6. The number of halogens is 3. The van der Waals surface area contributed by atoms with Crippen LogP contribution >= 0.6 is 23.5 Å². The minimum absolute atomic E-state index is 0.153. The summed E-state index contributed by atoms with van der Waals surface area (Å²) < 4.78 is 38.7. The molecule has 11 heteroatoms. The van der Waals surface area contributed by atoms with Gasteiger partial charge in [0.1, 0.15) is 4.91 Å². The Hall–Kier alpha value is -4.66. The third-order valence-electron chi connectivity index (χ3n) is 7.41. The largest absolute Gasteiger partial charge is 0.416 e. The van der Waals surface area contributed by atoms with E-state index in [2.05, 4.69) is 11.4 Å². The van der Waals surface area contributed by atoms with E-state index in [1.54, 1.807) is 17.0 Å². The van der Waals surface area contributed by atoms with Crippen molar-refractivity contribution in [2.75, 3.05) is 17.3 Å². The number of anilines is 2. The molecule has 1 fully saturated rings. The van der Waals surface area contributed by atoms with E-state index in [0.717, 1.165) is 50.1 Å². The molecule has 0 saturated carbocycles. The van der Waals surface area contributed by atoms with Gasteiger partial charge in [-0.15, -0.1) is 0 Å². The van der Waals surface area contributed by atoms with E-state index in [-0.39, 0.29) is 5.91 Å². The predicted molar refractivity (Wildman–Crippen MR) is 174 cm³/mol. The number of carbonyl (C=O) groups excluding carboxylic acids is 1. The molecule has 2 aliphatic rings. The summed E-state index contributed by atoms with van der Waals surface area (Å²) in [7, 11) is 1.92. The summed E-state index contributed by atoms with van der Waals surface area (Å²) in [6, 6.07) is 28.2. The van der Waals surface area contributed by atoms with Crippen molar-refractivity contribution < 1.29 is 18.0 Å². The number of hydrogen-bond acceptors (Lipinski definition) is 7. The minimum Gasteiger partial charge on any atom is -0.381 e. The van der Waals surface area contributed by atoms with Crippen LogP contribution in [0.3, 0.4) is 0 Å². The Morgan fingerprint density at radius 2 is 1.69 bits per heavy atom. The standard InChI is InChI=1S/C34H26F3N5OS2/c1-21-8-9-24(18-38)16-27(21)40-33-42(20-23-6-4-3-5-7-23)31(43)30(45-33)32-41(2)28-15-14-26(17-29(28)44-32)39-19-22-10-12-25(13-11-22)34(35,36)37/h3-17,39H,19-20H2,1-2H3/b32-30-,40-33?. The maximum absolute atomic E-state index is 14.0. The summed E-state index contributed by atoms with van der Waals surface area (Å²) in [4.78, 5) is 24.1. The van der Waals surface area contributed by atoms with Gasteiger partial charge in [0.25, 0.3) is 5.91 Å². The second-order valence-electron chi connectivity index (χ2n) is 10.5. The first-order valence-corrected chi connectivity index (χ1v) is 15.6. The smallest absolute Gasteiger partial charge is 0.381 e. The number of fused-ring (bicyclic) bond motifs is 1. The molecule has 1 N–H and O–H groups in total. The summed E-state index contributed by atoms with van der Waals surface area (Å²) in [5, 5.41) is 14.0. The lowest BCUT2D eigenvalue weighted by atomic mass is 10.1. The quantitative estimate of drug-likeness (QED) is 0.213. The van der Waals surface area contributed by atoms with Gasteiger partial charge in [-0.2, -0.15) is 18.4 Å². The highest BCUT2D eigenvalue weighted by molar-refractivity contribution is 8.19. The molecular weight excluding hydrogens is 616 g/mol. The predicted octanol–water partition coefficient (Wildman–Crippen LogP) is 8.67. The zero-order valence-corrected chi connectivity index (χ0v) is 25.9. The lowest BCUT2D eigenvalue weighted by Gasteiger charge is -2.17. The number of aliphatic imine (C=N–C) groups is 1. The fourth-order valence-corrected chi connectivity index (χ4v) is 7.28. The molecule has 0 aliphatic carbocycles. The van der Waals surface area contributed by atoms with Crippen LogP contribution in [0.25, 0.3) is 0 Å². The Morgan fingerprint density at radius 1 is 0.933 bits per heavy atom. The molecule has 4 aromatic carbocycles. The van der Waals surface area contributed by atoms with Gasteiger partial charge in [0.05, 0.1) is 40.1 Å². The summed E-state index contributed by atoms with van der Waals surface area (Å²) >= 11 is 2.80. The Morgan fingerprint density at radius 3 is 2.40 bits per heavy atom. The number of hydrogen-bond donors (Lipinski definition) is 1. The number of thioether (sulfide) groups is 2. The Balaban J connectivity index is 1.27. The first-order valence-electron chi connectivity index (χ1n) is 13.9. The highest BCUT2D eigenvalue weighted by Gasteiger charge is 2.39. The van der Waals surface area contributed by atoms with Gasteiger partial charge in [-0.05, 0) is 77.8 Å². The molecule has 0 bridgehead atoms. The van der Waals surface area contributed by atoms with Gasteiger partial charge in [0, 0.05) is 24.2 Å². The highest BCUT2D eigenvalue weighted by Crippen LogP contribution is 2.51. The van der Waals surface area contributed by atoms with Crippen molar-refractivity contribution >= 4 is 51.7 Å². The van der Waals surface area contributed by atoms with Crippen LogP contribution < -0.4 is 10.2 Å². The van der Waals surface area contributed by atoms with Crippen LogP contribution in [0.1, 0.15) is 27.8 Å². The monoisotopic (exact) mass is 641 g/mol. The van der Waals surface area contributed by atoms with Crippen LogP contribution in [0.5, 0.6) is 0 Å². The zero-order chi connectivity index (χ0) is 31.7. The van der Waals surface area contributed by atoms with Crippen LogP contribution in [0.2, 0.25) is 0 Å². The molecule has 6 rings (SSSR count). The molecule has 0 spiro atoms. The second kappa shape index (κ2) is 12.4. The molecule has 0 unspecified atom stereocenters. The van der Waals surface area contributed by atoms with E-state index in [4.69, 9.17) is 4.99 Å².